The molecule has 0 bridgehead atoms. The Hall–Kier alpha value is -2.69. The van der Waals surface area contributed by atoms with E-state index in [0.29, 0.717) is 11.6 Å². The number of fused-ring (bicyclic) bond motifs is 1. The number of esters is 1. The summed E-state index contributed by atoms with van der Waals surface area (Å²) in [7, 11) is 1.39. The van der Waals surface area contributed by atoms with E-state index in [2.05, 4.69) is 9.55 Å². The van der Waals surface area contributed by atoms with Gasteiger partial charge >= 0.3 is 5.97 Å². The first-order valence-corrected chi connectivity index (χ1v) is 7.28. The first-order valence-electron chi connectivity index (χ1n) is 7.28. The molecule has 0 radical (unpaired) electrons. The van der Waals surface area contributed by atoms with Crippen LogP contribution in [0.5, 0.6) is 0 Å². The molecule has 2 aromatic heterocycles. The van der Waals surface area contributed by atoms with Crippen molar-refractivity contribution in [2.24, 2.45) is 0 Å². The van der Waals surface area contributed by atoms with E-state index in [4.69, 9.17) is 9.72 Å². The zero-order valence-electron chi connectivity index (χ0n) is 12.2. The average molecular weight is 293 g/mol. The number of imidazole rings is 1. The Morgan fingerprint density at radius 2 is 2.18 bits per heavy atom. The van der Waals surface area contributed by atoms with Crippen LogP contribution in [-0.4, -0.2) is 27.6 Å². The molecule has 4 rings (SSSR count). The molecule has 1 aliphatic carbocycles. The van der Waals surface area contributed by atoms with E-state index in [-0.39, 0.29) is 5.97 Å². The monoisotopic (exact) mass is 293 g/mol. The van der Waals surface area contributed by atoms with Crippen LogP contribution in [0.2, 0.25) is 0 Å². The van der Waals surface area contributed by atoms with Crippen molar-refractivity contribution < 1.29 is 9.53 Å². The molecule has 0 atom stereocenters. The SMILES string of the molecule is COC(=O)c1ccc2c(c1)nc(-c1cccnc1)n2C1CC1. The summed E-state index contributed by atoms with van der Waals surface area (Å²) in [5, 5.41) is 0. The van der Waals surface area contributed by atoms with Crippen molar-refractivity contribution in [1.82, 2.24) is 14.5 Å². The summed E-state index contributed by atoms with van der Waals surface area (Å²) in [5.74, 6) is 0.568. The normalized spacial score (nSPS) is 14.2. The second kappa shape index (κ2) is 4.94. The first kappa shape index (κ1) is 13.0. The topological polar surface area (TPSA) is 57.0 Å². The van der Waals surface area contributed by atoms with Gasteiger partial charge in [-0.3, -0.25) is 4.98 Å². The molecule has 0 unspecified atom stereocenters. The molecule has 110 valence electrons. The lowest BCUT2D eigenvalue weighted by Crippen LogP contribution is -2.01. The minimum absolute atomic E-state index is 0.342. The summed E-state index contributed by atoms with van der Waals surface area (Å²) < 4.78 is 7.04. The standard InChI is InChI=1S/C17H15N3O2/c1-22-17(21)11-4-7-15-14(9-11)19-16(20(15)13-5-6-13)12-3-2-8-18-10-12/h2-4,7-10,13H,5-6H2,1H3. The lowest BCUT2D eigenvalue weighted by Gasteiger charge is -2.07. The molecule has 0 N–H and O–H groups in total. The Morgan fingerprint density at radius 3 is 2.86 bits per heavy atom. The van der Waals surface area contributed by atoms with Crippen LogP contribution in [0.1, 0.15) is 29.2 Å². The van der Waals surface area contributed by atoms with Crippen LogP contribution in [0.25, 0.3) is 22.4 Å². The molecule has 5 heteroatoms. The highest BCUT2D eigenvalue weighted by atomic mass is 16.5. The Bertz CT molecular complexity index is 851. The zero-order chi connectivity index (χ0) is 15.1. The molecule has 2 heterocycles. The predicted octanol–water partition coefficient (Wildman–Crippen LogP) is 3.22. The van der Waals surface area contributed by atoms with Crippen LogP contribution in [0, 0.1) is 0 Å². The Labute approximate surface area is 127 Å². The van der Waals surface area contributed by atoms with Crippen LogP contribution < -0.4 is 0 Å². The highest BCUT2D eigenvalue weighted by Crippen LogP contribution is 2.41. The van der Waals surface area contributed by atoms with Gasteiger partial charge in [-0.25, -0.2) is 9.78 Å². The van der Waals surface area contributed by atoms with Crippen molar-refractivity contribution >= 4 is 17.0 Å². The van der Waals surface area contributed by atoms with Gasteiger partial charge in [-0.2, -0.15) is 0 Å². The number of rotatable bonds is 3. The fraction of sp³-hybridized carbons (Fsp3) is 0.235. The number of hydrogen-bond acceptors (Lipinski definition) is 4. The van der Waals surface area contributed by atoms with Gasteiger partial charge in [0, 0.05) is 24.0 Å². The average Bonchev–Trinajstić information content (AvgIpc) is 3.34. The Balaban J connectivity index is 1.93. The minimum Gasteiger partial charge on any atom is -0.465 e. The van der Waals surface area contributed by atoms with Gasteiger partial charge in [0.1, 0.15) is 5.82 Å². The van der Waals surface area contributed by atoms with Gasteiger partial charge in [-0.15, -0.1) is 0 Å². The number of methoxy groups -OCH3 is 1. The van der Waals surface area contributed by atoms with Crippen molar-refractivity contribution in [3.05, 3.63) is 48.3 Å². The molecular formula is C17H15N3O2. The molecule has 22 heavy (non-hydrogen) atoms. The summed E-state index contributed by atoms with van der Waals surface area (Å²) in [6.07, 6.45) is 5.90. The summed E-state index contributed by atoms with van der Waals surface area (Å²) in [5.41, 5.74) is 3.38. The summed E-state index contributed by atoms with van der Waals surface area (Å²) in [6.45, 7) is 0. The summed E-state index contributed by atoms with van der Waals surface area (Å²) >= 11 is 0. The zero-order valence-corrected chi connectivity index (χ0v) is 12.2. The van der Waals surface area contributed by atoms with Gasteiger partial charge in [0.2, 0.25) is 0 Å². The van der Waals surface area contributed by atoms with Gasteiger partial charge in [0.25, 0.3) is 0 Å². The third-order valence-corrected chi connectivity index (χ3v) is 3.94. The van der Waals surface area contributed by atoms with E-state index in [9.17, 15) is 4.79 Å². The summed E-state index contributed by atoms with van der Waals surface area (Å²) in [4.78, 5) is 20.6. The molecular weight excluding hydrogens is 278 g/mol. The predicted molar refractivity (Wildman–Crippen MR) is 82.6 cm³/mol. The maximum Gasteiger partial charge on any atom is 0.337 e. The number of aromatic nitrogens is 3. The smallest absolute Gasteiger partial charge is 0.337 e. The van der Waals surface area contributed by atoms with E-state index in [1.807, 2.05) is 24.4 Å². The third kappa shape index (κ3) is 2.06. The van der Waals surface area contributed by atoms with E-state index in [1.54, 1.807) is 18.3 Å². The van der Waals surface area contributed by atoms with Gasteiger partial charge in [-0.05, 0) is 43.2 Å². The maximum atomic E-state index is 11.7. The van der Waals surface area contributed by atoms with Crippen LogP contribution in [0.4, 0.5) is 0 Å². The van der Waals surface area contributed by atoms with Crippen molar-refractivity contribution in [2.45, 2.75) is 18.9 Å². The quantitative estimate of drug-likeness (QED) is 0.696. The highest BCUT2D eigenvalue weighted by Gasteiger charge is 2.29. The Kier molecular flexibility index (Phi) is 2.92. The highest BCUT2D eigenvalue weighted by molar-refractivity contribution is 5.94. The third-order valence-electron chi connectivity index (χ3n) is 3.94. The number of carbonyl (C=O) groups is 1. The second-order valence-electron chi connectivity index (χ2n) is 5.47. The van der Waals surface area contributed by atoms with Crippen LogP contribution in [0.15, 0.2) is 42.7 Å². The number of benzene rings is 1. The number of ether oxygens (including phenoxy) is 1. The minimum atomic E-state index is -0.342. The Morgan fingerprint density at radius 1 is 1.32 bits per heavy atom. The van der Waals surface area contributed by atoms with Gasteiger partial charge in [-0.1, -0.05) is 0 Å². The number of nitrogens with zero attached hydrogens (tertiary/aromatic N) is 3. The fourth-order valence-electron chi connectivity index (χ4n) is 2.74. The molecule has 1 saturated carbocycles. The van der Waals surface area contributed by atoms with Crippen LogP contribution in [0.3, 0.4) is 0 Å². The maximum absolute atomic E-state index is 11.7. The molecule has 3 aromatic rings. The molecule has 0 amide bonds. The summed E-state index contributed by atoms with van der Waals surface area (Å²) in [6, 6.07) is 9.94. The van der Waals surface area contributed by atoms with Gasteiger partial charge in [0.15, 0.2) is 0 Å². The number of hydrogen-bond donors (Lipinski definition) is 0. The first-order chi connectivity index (χ1) is 10.8. The van der Waals surface area contributed by atoms with E-state index in [0.717, 1.165) is 35.3 Å². The van der Waals surface area contributed by atoms with Gasteiger partial charge < -0.3 is 9.30 Å². The molecule has 1 aliphatic rings. The molecule has 1 fully saturated rings. The van der Waals surface area contributed by atoms with Crippen molar-refractivity contribution in [1.29, 1.82) is 0 Å². The van der Waals surface area contributed by atoms with Crippen LogP contribution in [-0.2, 0) is 4.74 Å². The largest absolute Gasteiger partial charge is 0.465 e. The van der Waals surface area contributed by atoms with Crippen molar-refractivity contribution in [3.8, 4) is 11.4 Å². The van der Waals surface area contributed by atoms with Gasteiger partial charge in [0.05, 0.1) is 23.7 Å². The lowest BCUT2D eigenvalue weighted by molar-refractivity contribution is 0.0601. The van der Waals surface area contributed by atoms with Crippen molar-refractivity contribution in [2.75, 3.05) is 7.11 Å². The molecule has 0 saturated heterocycles. The van der Waals surface area contributed by atoms with E-state index >= 15 is 0 Å². The molecule has 5 nitrogen and oxygen atoms in total. The second-order valence-corrected chi connectivity index (χ2v) is 5.47. The number of carbonyl (C=O) groups excluding carboxylic acids is 1. The lowest BCUT2D eigenvalue weighted by atomic mass is 10.2. The number of pyridine rings is 1. The molecule has 0 spiro atoms. The van der Waals surface area contributed by atoms with Crippen LogP contribution >= 0.6 is 0 Å². The van der Waals surface area contributed by atoms with E-state index in [1.165, 1.54) is 7.11 Å². The molecule has 0 aliphatic heterocycles. The van der Waals surface area contributed by atoms with E-state index < -0.39 is 0 Å². The van der Waals surface area contributed by atoms with Crippen molar-refractivity contribution in [3.63, 3.8) is 0 Å². The fourth-order valence-corrected chi connectivity index (χ4v) is 2.74. The molecule has 1 aromatic carbocycles.